The Labute approximate surface area is 265 Å². The number of halogens is 3. The van der Waals surface area contributed by atoms with Crippen LogP contribution < -0.4 is 21.9 Å². The maximum absolute atomic E-state index is 15.4. The van der Waals surface area contributed by atoms with Crippen molar-refractivity contribution in [2.75, 3.05) is 0 Å². The number of hydrogen-bond donors (Lipinski definition) is 0. The molecule has 1 saturated heterocycles. The molecule has 1 fully saturated rings. The highest BCUT2D eigenvalue weighted by Gasteiger charge is 2.64. The number of carbonyl (C=O) groups is 4. The third kappa shape index (κ3) is 4.52. The van der Waals surface area contributed by atoms with Crippen LogP contribution >= 0.6 is 11.6 Å². The lowest BCUT2D eigenvalue weighted by atomic mass is 9.21. The van der Waals surface area contributed by atoms with E-state index < -0.39 is 85.9 Å². The van der Waals surface area contributed by atoms with Crippen LogP contribution in [-0.4, -0.2) is 130 Å². The summed E-state index contributed by atoms with van der Waals surface area (Å²) in [7, 11) is 63.8. The Hall–Kier alpha value is -2.62. The van der Waals surface area contributed by atoms with E-state index in [2.05, 4.69) is 0 Å². The fourth-order valence-corrected chi connectivity index (χ4v) is 5.13. The van der Waals surface area contributed by atoms with Gasteiger partial charge < -0.3 is 14.5 Å². The summed E-state index contributed by atoms with van der Waals surface area (Å²) in [5, 5.41) is -5.78. The van der Waals surface area contributed by atoms with Gasteiger partial charge in [-0.3, -0.25) is 19.2 Å². The Morgan fingerprint density at radius 3 is 2.02 bits per heavy atom. The van der Waals surface area contributed by atoms with Gasteiger partial charge in [0.05, 0.1) is 36.8 Å². The molecule has 1 atom stereocenters. The molecule has 0 aromatic heterocycles. The predicted octanol–water partition coefficient (Wildman–Crippen LogP) is -5.10. The Bertz CT molecular complexity index is 1600. The van der Waals surface area contributed by atoms with Crippen LogP contribution in [0.5, 0.6) is 0 Å². The van der Waals surface area contributed by atoms with Crippen molar-refractivity contribution in [3.63, 3.8) is 0 Å². The second kappa shape index (κ2) is 10.5. The fraction of sp³-hybridized carbons (Fsp3) is 0.273. The highest BCUT2D eigenvalue weighted by atomic mass is 35.5. The fourth-order valence-electron chi connectivity index (χ4n) is 4.93. The smallest absolute Gasteiger partial charge is 0.347 e. The van der Waals surface area contributed by atoms with Crippen molar-refractivity contribution in [3.05, 3.63) is 45.5 Å². The lowest BCUT2D eigenvalue weighted by molar-refractivity contribution is -0.154. The predicted molar refractivity (Wildman–Crippen MR) is 164 cm³/mol. The van der Waals surface area contributed by atoms with Gasteiger partial charge >= 0.3 is 5.92 Å². The lowest BCUT2D eigenvalue weighted by Gasteiger charge is -2.62. The second-order valence-corrected chi connectivity index (χ2v) is 10.6. The molecule has 2 aliphatic heterocycles. The summed E-state index contributed by atoms with van der Waals surface area (Å²) in [5.41, 5.74) is -6.15. The first kappa shape index (κ1) is 33.3. The number of rotatable bonds is 5. The van der Waals surface area contributed by atoms with Gasteiger partial charge in [-0.15, -0.1) is 0 Å². The summed E-state index contributed by atoms with van der Waals surface area (Å²) in [4.78, 5) is 52.5. The van der Waals surface area contributed by atoms with Crippen molar-refractivity contribution in [3.8, 4) is 0 Å². The van der Waals surface area contributed by atoms with Gasteiger partial charge in [0.15, 0.2) is 0 Å². The molecule has 21 heteroatoms. The maximum Gasteiger partial charge on any atom is 0.347 e. The molecule has 2 aromatic carbocycles. The molecule has 1 unspecified atom stereocenters. The van der Waals surface area contributed by atoms with E-state index in [4.69, 9.17) is 98.2 Å². The molecule has 0 N–H and O–H groups in total. The second-order valence-electron chi connectivity index (χ2n) is 10.2. The summed E-state index contributed by atoms with van der Waals surface area (Å²) in [5.74, 6) is -9.96. The van der Waals surface area contributed by atoms with Gasteiger partial charge in [0.2, 0.25) is 27.8 Å². The molecule has 2 aliphatic rings. The SMILES string of the molecule is [B]c1c([B])c(C(F)(F)C(=O)N([B])Cc2ccc3c(c2)CN(C2([B])C(=O)N([B])C(=O)C([B])([B])C2([B])[B])C3=O)c([B])c([B])c1Cl. The van der Waals surface area contributed by atoms with Gasteiger partial charge in [0, 0.05) is 29.2 Å². The van der Waals surface area contributed by atoms with Gasteiger partial charge in [-0.1, -0.05) is 50.8 Å². The normalized spacial score (nSPS) is 21.1. The molecular weight excluding hydrogens is 563 g/mol. The first-order valence-corrected chi connectivity index (χ1v) is 12.3. The zero-order valence-corrected chi connectivity index (χ0v) is 22.9. The van der Waals surface area contributed by atoms with Crippen molar-refractivity contribution in [1.82, 2.24) is 14.5 Å². The molecule has 0 saturated carbocycles. The number of amides is 4. The van der Waals surface area contributed by atoms with E-state index in [1.807, 2.05) is 0 Å². The molecule has 0 spiro atoms. The number of imide groups is 1. The Kier molecular flexibility index (Phi) is 8.12. The molecule has 2 heterocycles. The van der Waals surface area contributed by atoms with Crippen molar-refractivity contribution in [2.45, 2.75) is 34.9 Å². The van der Waals surface area contributed by atoms with Crippen LogP contribution in [0.2, 0.25) is 15.5 Å². The van der Waals surface area contributed by atoms with E-state index in [-0.39, 0.29) is 31.3 Å². The first-order chi connectivity index (χ1) is 19.6. The topological polar surface area (TPSA) is 78.0 Å². The minimum atomic E-state index is -4.40. The Morgan fingerprint density at radius 1 is 0.953 bits per heavy atom. The van der Waals surface area contributed by atoms with Gasteiger partial charge in [0.1, 0.15) is 39.2 Å². The molecule has 43 heavy (non-hydrogen) atoms. The summed E-state index contributed by atoms with van der Waals surface area (Å²) in [6.45, 7) is -1.08. The van der Waals surface area contributed by atoms with Gasteiger partial charge in [-0.25, -0.2) is 0 Å². The molecule has 4 amide bonds. The zero-order chi connectivity index (χ0) is 32.8. The van der Waals surface area contributed by atoms with Crippen LogP contribution in [0.3, 0.4) is 0 Å². The number of hydrogen-bond acceptors (Lipinski definition) is 4. The Morgan fingerprint density at radius 2 is 1.49 bits per heavy atom. The van der Waals surface area contributed by atoms with E-state index in [0.717, 1.165) is 0 Å². The monoisotopic (exact) mass is 571 g/mol. The van der Waals surface area contributed by atoms with E-state index in [1.165, 1.54) is 18.2 Å². The van der Waals surface area contributed by atoms with Crippen molar-refractivity contribution in [1.29, 1.82) is 0 Å². The van der Waals surface area contributed by atoms with Crippen LogP contribution in [0.1, 0.15) is 27.0 Å². The average molecular weight is 570 g/mol. The number of carbonyl (C=O) groups excluding carboxylic acids is 4. The van der Waals surface area contributed by atoms with Crippen LogP contribution in [0.25, 0.3) is 0 Å². The molecule has 4 rings (SSSR count). The minimum absolute atomic E-state index is 0.0131. The van der Waals surface area contributed by atoms with Gasteiger partial charge in [0.25, 0.3) is 11.8 Å². The molecular formula is C22H7B11ClF2N3O4. The first-order valence-electron chi connectivity index (χ1n) is 11.9. The lowest BCUT2D eigenvalue weighted by Crippen LogP contribution is -2.75. The zero-order valence-electron chi connectivity index (χ0n) is 22.1. The molecule has 22 radical (unpaired) electrons. The van der Waals surface area contributed by atoms with Gasteiger partial charge in [-0.05, 0) is 22.4 Å². The van der Waals surface area contributed by atoms with Crippen molar-refractivity contribution >= 4 is 144 Å². The summed E-state index contributed by atoms with van der Waals surface area (Å²) < 4.78 is 30.7. The summed E-state index contributed by atoms with van der Waals surface area (Å²) in [6, 6.07) is 3.84. The van der Waals surface area contributed by atoms with E-state index in [9.17, 15) is 19.2 Å². The summed E-state index contributed by atoms with van der Waals surface area (Å²) >= 11 is 5.86. The van der Waals surface area contributed by atoms with E-state index in [0.29, 0.717) is 4.90 Å². The van der Waals surface area contributed by atoms with Crippen molar-refractivity contribution < 1.29 is 28.0 Å². The number of piperidine rings is 1. The third-order valence-electron chi connectivity index (χ3n) is 7.62. The number of fused-ring (bicyclic) bond motifs is 1. The Balaban J connectivity index is 1.63. The van der Waals surface area contributed by atoms with E-state index in [1.54, 1.807) is 0 Å². The van der Waals surface area contributed by atoms with Crippen LogP contribution in [0, 0.1) is 0 Å². The van der Waals surface area contributed by atoms with Gasteiger partial charge in [-0.2, -0.15) is 8.78 Å². The summed E-state index contributed by atoms with van der Waals surface area (Å²) in [6.07, 6.45) is 0. The number of nitrogens with zero attached hydrogens (tertiary/aromatic N) is 3. The molecule has 7 nitrogen and oxygen atoms in total. The standard InChI is InChI=1S/C22H7B11ClF2N3O4/c23-10-9(11(24)13(26)14(34)12(10)25)19(35,36)16(41)38(32)4-6-1-2-8-7(3-6)5-37(15(8)40)21(29)18(43)39(33)17(42)20(27,28)22(21,30)31/h1-3H,4-5H2. The van der Waals surface area contributed by atoms with Crippen LogP contribution in [0.15, 0.2) is 18.2 Å². The number of alkyl halides is 2. The van der Waals surface area contributed by atoms with Crippen LogP contribution in [-0.2, 0) is 33.4 Å². The maximum atomic E-state index is 15.4. The van der Waals surface area contributed by atoms with Crippen molar-refractivity contribution in [2.24, 2.45) is 0 Å². The largest absolute Gasteiger partial charge is 0.387 e. The highest BCUT2D eigenvalue weighted by molar-refractivity contribution is 6.68. The molecule has 0 bridgehead atoms. The van der Waals surface area contributed by atoms with Crippen LogP contribution in [0.4, 0.5) is 8.78 Å². The molecule has 2 aromatic rings. The minimum Gasteiger partial charge on any atom is -0.387 e. The number of benzene rings is 2. The third-order valence-corrected chi connectivity index (χ3v) is 8.03. The quantitative estimate of drug-likeness (QED) is 0.267. The van der Waals surface area contributed by atoms with E-state index >= 15 is 8.78 Å². The molecule has 188 valence electrons. The highest BCUT2D eigenvalue weighted by Crippen LogP contribution is 2.56. The average Bonchev–Trinajstić information content (AvgIpc) is 3.27. The molecule has 0 aliphatic carbocycles.